The highest BCUT2D eigenvalue weighted by atomic mass is 32.1. The number of nitrogens with one attached hydrogen (secondary N) is 1. The van der Waals surface area contributed by atoms with Crippen molar-refractivity contribution in [2.45, 2.75) is 26.3 Å². The lowest BCUT2D eigenvalue weighted by Crippen LogP contribution is -2.30. The Hall–Kier alpha value is -1.11. The Bertz CT molecular complexity index is 326. The summed E-state index contributed by atoms with van der Waals surface area (Å²) >= 11 is 0.675. The van der Waals surface area contributed by atoms with Crippen LogP contribution in [0.25, 0.3) is 0 Å². The predicted molar refractivity (Wildman–Crippen MR) is 47.5 cm³/mol. The summed E-state index contributed by atoms with van der Waals surface area (Å²) < 4.78 is 27.9. The first-order chi connectivity index (χ1) is 6.52. The lowest BCUT2D eigenvalue weighted by atomic mass is 10.3. The van der Waals surface area contributed by atoms with E-state index in [2.05, 4.69) is 14.9 Å². The number of carbonyl (C=O) groups is 1. The molecule has 1 aromatic rings. The number of rotatable bonds is 3. The van der Waals surface area contributed by atoms with E-state index in [4.69, 9.17) is 0 Å². The first-order valence-electron chi connectivity index (χ1n) is 3.93. The monoisotopic (exact) mass is 221 g/mol. The number of nitrogens with zero attached hydrogens (tertiary/aromatic N) is 2. The molecular weight excluding hydrogens is 212 g/mol. The van der Waals surface area contributed by atoms with Crippen LogP contribution in [-0.4, -0.2) is 21.5 Å². The highest BCUT2D eigenvalue weighted by Crippen LogP contribution is 2.22. The standard InChI is InChI=1S/C7H9F2N3OS/c1-3(2)10-7(13)5-4(6(8)9)11-12-14-5/h3,6H,1-2H3,(H,10,13). The Kier molecular flexibility index (Phi) is 3.45. The number of aromatic nitrogens is 2. The molecule has 0 fully saturated rings. The van der Waals surface area contributed by atoms with Crippen molar-refractivity contribution in [2.24, 2.45) is 0 Å². The van der Waals surface area contributed by atoms with Crippen molar-refractivity contribution in [2.75, 3.05) is 0 Å². The molecule has 1 heterocycles. The van der Waals surface area contributed by atoms with Crippen LogP contribution in [0.1, 0.15) is 35.6 Å². The van der Waals surface area contributed by atoms with Crippen molar-refractivity contribution in [3.63, 3.8) is 0 Å². The summed E-state index contributed by atoms with van der Waals surface area (Å²) in [5, 5.41) is 5.70. The van der Waals surface area contributed by atoms with Gasteiger partial charge in [-0.15, -0.1) is 5.10 Å². The van der Waals surface area contributed by atoms with Crippen molar-refractivity contribution in [1.29, 1.82) is 0 Å². The van der Waals surface area contributed by atoms with Crippen molar-refractivity contribution in [3.8, 4) is 0 Å². The van der Waals surface area contributed by atoms with E-state index in [9.17, 15) is 13.6 Å². The van der Waals surface area contributed by atoms with Crippen molar-refractivity contribution in [1.82, 2.24) is 14.9 Å². The van der Waals surface area contributed by atoms with E-state index >= 15 is 0 Å². The summed E-state index contributed by atoms with van der Waals surface area (Å²) in [7, 11) is 0. The fourth-order valence-electron chi connectivity index (χ4n) is 0.826. The molecule has 0 unspecified atom stereocenters. The van der Waals surface area contributed by atoms with E-state index in [1.165, 1.54) is 0 Å². The maximum absolute atomic E-state index is 12.3. The summed E-state index contributed by atoms with van der Waals surface area (Å²) in [5.41, 5.74) is -0.548. The smallest absolute Gasteiger partial charge is 0.283 e. The molecule has 1 rings (SSSR count). The molecule has 1 amide bonds. The molecule has 7 heteroatoms. The van der Waals surface area contributed by atoms with Gasteiger partial charge >= 0.3 is 0 Å². The van der Waals surface area contributed by atoms with E-state index in [0.29, 0.717) is 11.5 Å². The quantitative estimate of drug-likeness (QED) is 0.843. The molecule has 0 saturated heterocycles. The molecule has 0 aliphatic rings. The molecule has 0 aliphatic carbocycles. The largest absolute Gasteiger partial charge is 0.349 e. The molecular formula is C7H9F2N3OS. The van der Waals surface area contributed by atoms with Gasteiger partial charge in [0.2, 0.25) is 0 Å². The fourth-order valence-corrected chi connectivity index (χ4v) is 1.40. The fraction of sp³-hybridized carbons (Fsp3) is 0.571. The molecule has 0 bridgehead atoms. The van der Waals surface area contributed by atoms with Gasteiger partial charge < -0.3 is 5.32 Å². The van der Waals surface area contributed by atoms with Gasteiger partial charge in [-0.1, -0.05) is 4.49 Å². The molecule has 14 heavy (non-hydrogen) atoms. The number of halogens is 2. The normalized spacial score (nSPS) is 11.0. The third kappa shape index (κ3) is 2.44. The second kappa shape index (κ2) is 4.41. The molecule has 0 aromatic carbocycles. The first kappa shape index (κ1) is 11.0. The van der Waals surface area contributed by atoms with E-state index in [0.717, 1.165) is 0 Å². The summed E-state index contributed by atoms with van der Waals surface area (Å²) in [6.45, 7) is 3.49. The molecule has 0 atom stereocenters. The van der Waals surface area contributed by atoms with Crippen molar-refractivity contribution >= 4 is 17.4 Å². The van der Waals surface area contributed by atoms with Crippen molar-refractivity contribution in [3.05, 3.63) is 10.6 Å². The van der Waals surface area contributed by atoms with Gasteiger partial charge in [-0.25, -0.2) is 8.78 Å². The predicted octanol–water partition coefficient (Wildman–Crippen LogP) is 1.61. The molecule has 78 valence electrons. The maximum atomic E-state index is 12.3. The molecule has 4 nitrogen and oxygen atoms in total. The van der Waals surface area contributed by atoms with Gasteiger partial charge in [-0.2, -0.15) is 0 Å². The average Bonchev–Trinajstić information content (AvgIpc) is 2.49. The summed E-state index contributed by atoms with van der Waals surface area (Å²) in [6, 6.07) is -0.102. The highest BCUT2D eigenvalue weighted by molar-refractivity contribution is 7.08. The van der Waals surface area contributed by atoms with Crippen LogP contribution in [0.5, 0.6) is 0 Å². The second-order valence-corrected chi connectivity index (χ2v) is 3.67. The van der Waals surface area contributed by atoms with Crippen LogP contribution in [0.3, 0.4) is 0 Å². The zero-order valence-corrected chi connectivity index (χ0v) is 8.44. The van der Waals surface area contributed by atoms with Crippen LogP contribution in [0.4, 0.5) is 8.78 Å². The summed E-state index contributed by atoms with van der Waals surface area (Å²) in [5.74, 6) is -0.551. The molecule has 0 aliphatic heterocycles. The van der Waals surface area contributed by atoms with Crippen LogP contribution in [0.15, 0.2) is 0 Å². The van der Waals surface area contributed by atoms with E-state index < -0.39 is 18.0 Å². The molecule has 1 aromatic heterocycles. The first-order valence-corrected chi connectivity index (χ1v) is 4.71. The number of amides is 1. The number of hydrogen-bond donors (Lipinski definition) is 1. The van der Waals surface area contributed by atoms with Crippen LogP contribution >= 0.6 is 11.5 Å². The van der Waals surface area contributed by atoms with Gasteiger partial charge in [-0.05, 0) is 25.4 Å². The third-order valence-electron chi connectivity index (χ3n) is 1.35. The molecule has 0 spiro atoms. The van der Waals surface area contributed by atoms with Crippen LogP contribution in [0, 0.1) is 0 Å². The highest BCUT2D eigenvalue weighted by Gasteiger charge is 2.23. The average molecular weight is 221 g/mol. The van der Waals surface area contributed by atoms with Gasteiger partial charge in [0.25, 0.3) is 12.3 Å². The van der Waals surface area contributed by atoms with Gasteiger partial charge in [0.1, 0.15) is 4.88 Å². The summed E-state index contributed by atoms with van der Waals surface area (Å²) in [4.78, 5) is 11.2. The van der Waals surface area contributed by atoms with E-state index in [1.54, 1.807) is 13.8 Å². The molecule has 0 saturated carbocycles. The topological polar surface area (TPSA) is 54.9 Å². The second-order valence-electron chi connectivity index (χ2n) is 2.92. The van der Waals surface area contributed by atoms with E-state index in [-0.39, 0.29) is 10.9 Å². The van der Waals surface area contributed by atoms with Crippen LogP contribution in [0.2, 0.25) is 0 Å². The Balaban J connectivity index is 2.84. The van der Waals surface area contributed by atoms with Crippen molar-refractivity contribution < 1.29 is 13.6 Å². The zero-order valence-electron chi connectivity index (χ0n) is 7.62. The minimum atomic E-state index is -2.76. The maximum Gasteiger partial charge on any atom is 0.283 e. The minimum Gasteiger partial charge on any atom is -0.349 e. The number of carbonyl (C=O) groups excluding carboxylic acids is 1. The van der Waals surface area contributed by atoms with Gasteiger partial charge in [0.15, 0.2) is 5.69 Å². The third-order valence-corrected chi connectivity index (χ3v) is 2.09. The Morgan fingerprint density at radius 3 is 2.64 bits per heavy atom. The van der Waals surface area contributed by atoms with Gasteiger partial charge in [0.05, 0.1) is 0 Å². The Morgan fingerprint density at radius 1 is 1.50 bits per heavy atom. The SMILES string of the molecule is CC(C)NC(=O)c1snnc1C(F)F. The van der Waals surface area contributed by atoms with Crippen LogP contribution < -0.4 is 5.32 Å². The minimum absolute atomic E-state index is 0.102. The Labute approximate surface area is 83.5 Å². The zero-order chi connectivity index (χ0) is 10.7. The van der Waals surface area contributed by atoms with Gasteiger partial charge in [0, 0.05) is 6.04 Å². The lowest BCUT2D eigenvalue weighted by molar-refractivity contribution is 0.0932. The van der Waals surface area contributed by atoms with Crippen LogP contribution in [-0.2, 0) is 0 Å². The number of hydrogen-bond acceptors (Lipinski definition) is 4. The lowest BCUT2D eigenvalue weighted by Gasteiger charge is -2.06. The van der Waals surface area contributed by atoms with Gasteiger partial charge in [-0.3, -0.25) is 4.79 Å². The number of alkyl halides is 2. The molecule has 1 N–H and O–H groups in total. The Morgan fingerprint density at radius 2 is 2.14 bits per heavy atom. The molecule has 0 radical (unpaired) electrons. The van der Waals surface area contributed by atoms with E-state index in [1.807, 2.05) is 0 Å². The summed E-state index contributed by atoms with van der Waals surface area (Å²) in [6.07, 6.45) is -2.76.